The van der Waals surface area contributed by atoms with E-state index in [-0.39, 0.29) is 6.79 Å². The van der Waals surface area contributed by atoms with Gasteiger partial charge in [-0.05, 0) is 36.8 Å². The number of aromatic nitrogens is 1. The predicted octanol–water partition coefficient (Wildman–Crippen LogP) is 4.91. The van der Waals surface area contributed by atoms with E-state index in [0.29, 0.717) is 10.6 Å². The summed E-state index contributed by atoms with van der Waals surface area (Å²) in [5.74, 6) is 1.47. The number of aryl methyl sites for hydroxylation is 1. The van der Waals surface area contributed by atoms with Crippen LogP contribution in [0.5, 0.6) is 11.5 Å². The fourth-order valence-corrected chi connectivity index (χ4v) is 3.45. The molecule has 0 spiro atoms. The lowest BCUT2D eigenvalue weighted by atomic mass is 10.1. The number of hydrogen-bond donors (Lipinski definition) is 0. The molecule has 2 heterocycles. The van der Waals surface area contributed by atoms with Crippen molar-refractivity contribution in [3.63, 3.8) is 0 Å². The number of benzene rings is 2. The Labute approximate surface area is 149 Å². The van der Waals surface area contributed by atoms with Crippen LogP contribution in [0.25, 0.3) is 22.9 Å². The van der Waals surface area contributed by atoms with Crippen molar-refractivity contribution in [2.45, 2.75) is 6.92 Å². The van der Waals surface area contributed by atoms with Gasteiger partial charge >= 0.3 is 0 Å². The van der Waals surface area contributed by atoms with Gasteiger partial charge in [-0.15, -0.1) is 11.3 Å². The van der Waals surface area contributed by atoms with E-state index in [9.17, 15) is 5.26 Å². The molecule has 0 atom stereocenters. The van der Waals surface area contributed by atoms with Crippen molar-refractivity contribution in [3.05, 3.63) is 64.0 Å². The summed E-state index contributed by atoms with van der Waals surface area (Å²) in [6.07, 6.45) is 1.87. The maximum atomic E-state index is 9.53. The van der Waals surface area contributed by atoms with E-state index in [0.717, 1.165) is 33.9 Å². The van der Waals surface area contributed by atoms with Crippen LogP contribution < -0.4 is 9.47 Å². The summed E-state index contributed by atoms with van der Waals surface area (Å²) in [4.78, 5) is 4.63. The standard InChI is InChI=1S/C20H14N2O2S/c1-13-3-2-4-14(7-13)8-16(10-21)20-22-17(11-25-20)15-5-6-18-19(9-15)24-12-23-18/h2-9,11H,12H2,1H3/b16-8+. The van der Waals surface area contributed by atoms with Gasteiger partial charge in [-0.25, -0.2) is 4.98 Å². The molecule has 1 aliphatic heterocycles. The van der Waals surface area contributed by atoms with Crippen LogP contribution in [-0.2, 0) is 0 Å². The van der Waals surface area contributed by atoms with Crippen molar-refractivity contribution < 1.29 is 9.47 Å². The van der Waals surface area contributed by atoms with Crippen LogP contribution >= 0.6 is 11.3 Å². The highest BCUT2D eigenvalue weighted by molar-refractivity contribution is 7.11. The molecule has 0 N–H and O–H groups in total. The third-order valence-corrected chi connectivity index (χ3v) is 4.75. The zero-order chi connectivity index (χ0) is 17.2. The second kappa shape index (κ2) is 6.42. The summed E-state index contributed by atoms with van der Waals surface area (Å²) in [5.41, 5.74) is 4.48. The third kappa shape index (κ3) is 3.12. The van der Waals surface area contributed by atoms with Crippen molar-refractivity contribution in [2.24, 2.45) is 0 Å². The molecule has 0 fully saturated rings. The highest BCUT2D eigenvalue weighted by Gasteiger charge is 2.15. The van der Waals surface area contributed by atoms with Crippen LogP contribution in [-0.4, -0.2) is 11.8 Å². The molecule has 1 aromatic heterocycles. The van der Waals surface area contributed by atoms with Gasteiger partial charge < -0.3 is 9.47 Å². The SMILES string of the molecule is Cc1cccc(/C=C(\C#N)c2nc(-c3ccc4c(c3)OCO4)cs2)c1. The molecule has 1 aliphatic rings. The van der Waals surface area contributed by atoms with Crippen LogP contribution in [0.4, 0.5) is 0 Å². The van der Waals surface area contributed by atoms with Crippen molar-refractivity contribution in [2.75, 3.05) is 6.79 Å². The van der Waals surface area contributed by atoms with Crippen molar-refractivity contribution in [1.29, 1.82) is 5.26 Å². The zero-order valence-electron chi connectivity index (χ0n) is 13.5. The summed E-state index contributed by atoms with van der Waals surface area (Å²) >= 11 is 1.46. The van der Waals surface area contributed by atoms with Crippen LogP contribution in [0, 0.1) is 18.3 Å². The first-order valence-corrected chi connectivity index (χ1v) is 8.65. The number of allylic oxidation sites excluding steroid dienone is 1. The second-order valence-electron chi connectivity index (χ2n) is 5.69. The van der Waals surface area contributed by atoms with Crippen LogP contribution in [0.3, 0.4) is 0 Å². The summed E-state index contributed by atoms with van der Waals surface area (Å²) < 4.78 is 10.7. The minimum atomic E-state index is 0.249. The normalized spacial score (nSPS) is 12.9. The molecule has 5 heteroatoms. The largest absolute Gasteiger partial charge is 0.454 e. The van der Waals surface area contributed by atoms with Gasteiger partial charge in [-0.1, -0.05) is 29.8 Å². The summed E-state index contributed by atoms with van der Waals surface area (Å²) in [6, 6.07) is 16.0. The molecule has 0 saturated carbocycles. The summed E-state index contributed by atoms with van der Waals surface area (Å²) in [6.45, 7) is 2.28. The molecule has 0 saturated heterocycles. The van der Waals surface area contributed by atoms with Gasteiger partial charge in [0.05, 0.1) is 11.3 Å². The first-order valence-electron chi connectivity index (χ1n) is 7.77. The number of nitriles is 1. The fourth-order valence-electron chi connectivity index (χ4n) is 2.65. The molecular weight excluding hydrogens is 332 g/mol. The quantitative estimate of drug-likeness (QED) is 0.632. The van der Waals surface area contributed by atoms with E-state index in [1.165, 1.54) is 11.3 Å². The Morgan fingerprint density at radius 2 is 2.08 bits per heavy atom. The fraction of sp³-hybridized carbons (Fsp3) is 0.100. The molecule has 122 valence electrons. The van der Waals surface area contributed by atoms with Crippen molar-refractivity contribution in [1.82, 2.24) is 4.98 Å². The monoisotopic (exact) mass is 346 g/mol. The van der Waals surface area contributed by atoms with E-state index in [1.807, 2.05) is 60.8 Å². The Balaban J connectivity index is 1.67. The average molecular weight is 346 g/mol. The van der Waals surface area contributed by atoms with Crippen LogP contribution in [0.2, 0.25) is 0 Å². The van der Waals surface area contributed by atoms with E-state index in [1.54, 1.807) is 0 Å². The summed E-state index contributed by atoms with van der Waals surface area (Å²) in [7, 11) is 0. The molecule has 0 radical (unpaired) electrons. The number of rotatable bonds is 3. The number of fused-ring (bicyclic) bond motifs is 1. The highest BCUT2D eigenvalue weighted by atomic mass is 32.1. The Kier molecular flexibility index (Phi) is 3.96. The molecule has 0 aliphatic carbocycles. The molecule has 25 heavy (non-hydrogen) atoms. The van der Waals surface area contributed by atoms with Crippen LogP contribution in [0.1, 0.15) is 16.1 Å². The Morgan fingerprint density at radius 1 is 1.20 bits per heavy atom. The summed E-state index contributed by atoms with van der Waals surface area (Å²) in [5, 5.41) is 12.2. The lowest BCUT2D eigenvalue weighted by Crippen LogP contribution is -1.92. The highest BCUT2D eigenvalue weighted by Crippen LogP contribution is 2.36. The van der Waals surface area contributed by atoms with E-state index >= 15 is 0 Å². The second-order valence-corrected chi connectivity index (χ2v) is 6.55. The minimum absolute atomic E-state index is 0.249. The van der Waals surface area contributed by atoms with Gasteiger partial charge in [0.2, 0.25) is 6.79 Å². The third-order valence-electron chi connectivity index (χ3n) is 3.88. The molecule has 4 nitrogen and oxygen atoms in total. The van der Waals surface area contributed by atoms with Gasteiger partial charge in [0.25, 0.3) is 0 Å². The first-order chi connectivity index (χ1) is 12.2. The Hall–Kier alpha value is -3.10. The van der Waals surface area contributed by atoms with Crippen molar-refractivity contribution >= 4 is 23.0 Å². The first kappa shape index (κ1) is 15.4. The lowest BCUT2D eigenvalue weighted by Gasteiger charge is -2.00. The predicted molar refractivity (Wildman–Crippen MR) is 98.3 cm³/mol. The van der Waals surface area contributed by atoms with Gasteiger partial charge in [-0.3, -0.25) is 0 Å². The maximum Gasteiger partial charge on any atom is 0.231 e. The topological polar surface area (TPSA) is 55.1 Å². The molecule has 3 aromatic rings. The molecule has 0 unspecified atom stereocenters. The zero-order valence-corrected chi connectivity index (χ0v) is 14.3. The minimum Gasteiger partial charge on any atom is -0.454 e. The Morgan fingerprint density at radius 3 is 2.92 bits per heavy atom. The van der Waals surface area contributed by atoms with E-state index < -0.39 is 0 Å². The maximum absolute atomic E-state index is 9.53. The molecule has 4 rings (SSSR count). The van der Waals surface area contributed by atoms with Gasteiger partial charge in [0, 0.05) is 10.9 Å². The smallest absolute Gasteiger partial charge is 0.231 e. The molecule has 0 bridgehead atoms. The number of hydrogen-bond acceptors (Lipinski definition) is 5. The number of thiazole rings is 1. The van der Waals surface area contributed by atoms with Crippen molar-refractivity contribution in [3.8, 4) is 28.8 Å². The van der Waals surface area contributed by atoms with Crippen LogP contribution in [0.15, 0.2) is 47.8 Å². The Bertz CT molecular complexity index is 1010. The van der Waals surface area contributed by atoms with Gasteiger partial charge in [0.1, 0.15) is 11.1 Å². The molecule has 2 aromatic carbocycles. The van der Waals surface area contributed by atoms with E-state index in [2.05, 4.69) is 11.1 Å². The molecule has 0 amide bonds. The number of nitrogens with zero attached hydrogens (tertiary/aromatic N) is 2. The molecular formula is C20H14N2O2S. The van der Waals surface area contributed by atoms with E-state index in [4.69, 9.17) is 9.47 Å². The average Bonchev–Trinajstić information content (AvgIpc) is 3.28. The van der Waals surface area contributed by atoms with Gasteiger partial charge in [0.15, 0.2) is 11.5 Å². The van der Waals surface area contributed by atoms with Gasteiger partial charge in [-0.2, -0.15) is 5.26 Å². The lowest BCUT2D eigenvalue weighted by molar-refractivity contribution is 0.174. The number of ether oxygens (including phenoxy) is 2.